The molecule has 5 N–H and O–H groups in total. The van der Waals surface area contributed by atoms with Gasteiger partial charge in [-0.2, -0.15) is 0 Å². The van der Waals surface area contributed by atoms with Crippen molar-refractivity contribution in [2.45, 2.75) is 33.1 Å². The van der Waals surface area contributed by atoms with E-state index in [1.54, 1.807) is 39.4 Å². The fourth-order valence-corrected chi connectivity index (χ4v) is 5.17. The van der Waals surface area contributed by atoms with E-state index in [-0.39, 0.29) is 17.9 Å². The molecular formula is C36H40FN3O4. The Kier molecular flexibility index (Phi) is 12.1. The SMILES string of the molecule is C=C(N)c1c(C)cccc1F.CCN=C(/C=C\N)Cc1ccc(OC)c(-c2cccc3c(CCC(=O)O)cccc23)c1OC. The first-order valence-corrected chi connectivity index (χ1v) is 14.2. The van der Waals surface area contributed by atoms with Crippen LogP contribution in [0.1, 0.15) is 35.6 Å². The molecule has 4 aromatic carbocycles. The first-order chi connectivity index (χ1) is 21.2. The number of carboxylic acids is 1. The average molecular weight is 598 g/mol. The summed E-state index contributed by atoms with van der Waals surface area (Å²) in [5.41, 5.74) is 17.2. The summed E-state index contributed by atoms with van der Waals surface area (Å²) in [5.74, 6) is 0.294. The Hall–Kier alpha value is -5.11. The van der Waals surface area contributed by atoms with E-state index in [2.05, 4.69) is 11.6 Å². The maximum absolute atomic E-state index is 13.0. The molecule has 0 aliphatic rings. The van der Waals surface area contributed by atoms with Crippen LogP contribution in [0.3, 0.4) is 0 Å². The highest BCUT2D eigenvalue weighted by atomic mass is 19.1. The Labute approximate surface area is 258 Å². The van der Waals surface area contributed by atoms with Crippen LogP contribution in [0, 0.1) is 12.7 Å². The molecule has 0 atom stereocenters. The molecule has 0 amide bonds. The number of halogens is 1. The van der Waals surface area contributed by atoms with Gasteiger partial charge in [-0.05, 0) is 72.1 Å². The van der Waals surface area contributed by atoms with Gasteiger partial charge in [0.2, 0.25) is 0 Å². The Bertz CT molecular complexity index is 1670. The van der Waals surface area contributed by atoms with E-state index in [9.17, 15) is 9.18 Å². The minimum Gasteiger partial charge on any atom is -0.496 e. The Morgan fingerprint density at radius 2 is 1.70 bits per heavy atom. The van der Waals surface area contributed by atoms with E-state index in [1.807, 2.05) is 55.5 Å². The van der Waals surface area contributed by atoms with E-state index in [4.69, 9.17) is 26.0 Å². The molecule has 44 heavy (non-hydrogen) atoms. The van der Waals surface area contributed by atoms with Gasteiger partial charge in [0.25, 0.3) is 0 Å². The van der Waals surface area contributed by atoms with Crippen LogP contribution in [0.5, 0.6) is 11.5 Å². The molecule has 0 heterocycles. The van der Waals surface area contributed by atoms with Crippen molar-refractivity contribution in [3.05, 3.63) is 114 Å². The second kappa shape index (κ2) is 15.9. The number of ether oxygens (including phenoxy) is 2. The lowest BCUT2D eigenvalue weighted by atomic mass is 9.91. The number of allylic oxidation sites excluding steroid dienone is 1. The predicted octanol–water partition coefficient (Wildman–Crippen LogP) is 7.08. The van der Waals surface area contributed by atoms with Crippen LogP contribution >= 0.6 is 0 Å². The van der Waals surface area contributed by atoms with Crippen molar-refractivity contribution in [1.29, 1.82) is 0 Å². The average Bonchev–Trinajstić information content (AvgIpc) is 2.99. The third-order valence-electron chi connectivity index (χ3n) is 7.08. The predicted molar refractivity (Wildman–Crippen MR) is 178 cm³/mol. The molecule has 0 aliphatic carbocycles. The number of carbonyl (C=O) groups is 1. The van der Waals surface area contributed by atoms with E-state index in [0.717, 1.165) is 44.3 Å². The zero-order chi connectivity index (χ0) is 32.2. The third kappa shape index (κ3) is 8.04. The molecule has 0 radical (unpaired) electrons. The summed E-state index contributed by atoms with van der Waals surface area (Å²) in [5, 5.41) is 11.2. The molecule has 7 nitrogen and oxygen atoms in total. The Balaban J connectivity index is 0.000000404. The zero-order valence-electron chi connectivity index (χ0n) is 25.7. The monoisotopic (exact) mass is 597 g/mol. The van der Waals surface area contributed by atoms with E-state index < -0.39 is 5.97 Å². The third-order valence-corrected chi connectivity index (χ3v) is 7.08. The van der Waals surface area contributed by atoms with E-state index >= 15 is 0 Å². The van der Waals surface area contributed by atoms with Gasteiger partial charge in [-0.3, -0.25) is 9.79 Å². The fraction of sp³-hybridized carbons (Fsp3) is 0.222. The van der Waals surface area contributed by atoms with E-state index in [0.29, 0.717) is 36.4 Å². The summed E-state index contributed by atoms with van der Waals surface area (Å²) in [7, 11) is 3.29. The second-order valence-electron chi connectivity index (χ2n) is 10.0. The summed E-state index contributed by atoms with van der Waals surface area (Å²) in [6.07, 6.45) is 4.41. The quantitative estimate of drug-likeness (QED) is 0.159. The minimum absolute atomic E-state index is 0.0830. The van der Waals surface area contributed by atoms with Gasteiger partial charge < -0.3 is 26.0 Å². The number of rotatable bonds is 11. The first kappa shape index (κ1) is 33.4. The number of hydrogen-bond acceptors (Lipinski definition) is 6. The normalized spacial score (nSPS) is 11.2. The molecule has 0 saturated heterocycles. The van der Waals surface area contributed by atoms with Crippen LogP contribution in [-0.4, -0.2) is 37.6 Å². The van der Waals surface area contributed by atoms with Gasteiger partial charge in [-0.1, -0.05) is 61.2 Å². The van der Waals surface area contributed by atoms with Gasteiger partial charge in [-0.15, -0.1) is 0 Å². The second-order valence-corrected chi connectivity index (χ2v) is 10.0. The van der Waals surface area contributed by atoms with Crippen LogP contribution in [0.2, 0.25) is 0 Å². The lowest BCUT2D eigenvalue weighted by Gasteiger charge is -2.19. The summed E-state index contributed by atoms with van der Waals surface area (Å²) in [6, 6.07) is 20.8. The van der Waals surface area contributed by atoms with Gasteiger partial charge in [-0.25, -0.2) is 4.39 Å². The number of benzene rings is 4. The summed E-state index contributed by atoms with van der Waals surface area (Å²) >= 11 is 0. The lowest BCUT2D eigenvalue weighted by molar-refractivity contribution is -0.136. The van der Waals surface area contributed by atoms with E-state index in [1.165, 1.54) is 12.3 Å². The number of methoxy groups -OCH3 is 2. The highest BCUT2D eigenvalue weighted by Crippen LogP contribution is 2.44. The smallest absolute Gasteiger partial charge is 0.303 e. The van der Waals surface area contributed by atoms with Crippen LogP contribution in [-0.2, 0) is 17.6 Å². The number of aliphatic imine (C=N–C) groups is 1. The van der Waals surface area contributed by atoms with Crippen LogP contribution in [0.15, 0.2) is 90.6 Å². The van der Waals surface area contributed by atoms with Crippen molar-refractivity contribution in [3.8, 4) is 22.6 Å². The molecule has 0 bridgehead atoms. The Morgan fingerprint density at radius 3 is 2.30 bits per heavy atom. The lowest BCUT2D eigenvalue weighted by Crippen LogP contribution is -2.05. The van der Waals surface area contributed by atoms with Crippen LogP contribution < -0.4 is 20.9 Å². The molecule has 230 valence electrons. The van der Waals surface area contributed by atoms with Crippen molar-refractivity contribution < 1.29 is 23.8 Å². The van der Waals surface area contributed by atoms with Crippen molar-refractivity contribution in [2.24, 2.45) is 16.5 Å². The molecule has 8 heteroatoms. The minimum atomic E-state index is -0.810. The first-order valence-electron chi connectivity index (χ1n) is 14.2. The summed E-state index contributed by atoms with van der Waals surface area (Å²) < 4.78 is 24.6. The van der Waals surface area contributed by atoms with Crippen LogP contribution in [0.25, 0.3) is 27.6 Å². The molecule has 0 aromatic heterocycles. The standard InChI is InChI=1S/C27H30N2O4.C9H10FN/c1-4-29-20(15-16-28)17-19-11-13-24(32-2)26(27(19)33-3)23-10-6-8-21-18(12-14-25(30)31)7-5-9-22(21)23;1-6-4-3-5-8(10)9(6)7(2)11/h5-11,13,15-16H,4,12,14,17,28H2,1-3H3,(H,30,31);3-5H,2,11H2,1H3/b16-15-,29-20?;. The molecular weight excluding hydrogens is 557 g/mol. The molecule has 0 spiro atoms. The maximum Gasteiger partial charge on any atom is 0.303 e. The highest BCUT2D eigenvalue weighted by Gasteiger charge is 2.20. The number of nitrogens with zero attached hydrogens (tertiary/aromatic N) is 1. The molecule has 0 fully saturated rings. The number of hydrogen-bond donors (Lipinski definition) is 3. The number of aryl methyl sites for hydroxylation is 2. The summed E-state index contributed by atoms with van der Waals surface area (Å²) in [4.78, 5) is 15.7. The van der Waals surface area contributed by atoms with Crippen molar-refractivity contribution in [3.63, 3.8) is 0 Å². The fourth-order valence-electron chi connectivity index (χ4n) is 5.17. The number of aliphatic carboxylic acids is 1. The zero-order valence-corrected chi connectivity index (χ0v) is 25.7. The molecule has 0 aliphatic heterocycles. The molecule has 0 saturated carbocycles. The number of fused-ring (bicyclic) bond motifs is 1. The van der Waals surface area contributed by atoms with Crippen LogP contribution in [0.4, 0.5) is 4.39 Å². The molecule has 0 unspecified atom stereocenters. The van der Waals surface area contributed by atoms with Gasteiger partial charge in [0.15, 0.2) is 0 Å². The van der Waals surface area contributed by atoms with Crippen molar-refractivity contribution in [2.75, 3.05) is 20.8 Å². The van der Waals surface area contributed by atoms with Crippen molar-refractivity contribution >= 4 is 28.2 Å². The number of nitrogens with two attached hydrogens (primary N) is 2. The summed E-state index contributed by atoms with van der Waals surface area (Å²) in [6.45, 7) is 7.93. The highest BCUT2D eigenvalue weighted by molar-refractivity contribution is 6.02. The largest absolute Gasteiger partial charge is 0.496 e. The Morgan fingerprint density at radius 1 is 1.00 bits per heavy atom. The van der Waals surface area contributed by atoms with Gasteiger partial charge in [0, 0.05) is 41.9 Å². The van der Waals surface area contributed by atoms with Crippen molar-refractivity contribution in [1.82, 2.24) is 0 Å². The maximum atomic E-state index is 13.0. The topological polar surface area (TPSA) is 120 Å². The van der Waals surface area contributed by atoms with Gasteiger partial charge >= 0.3 is 5.97 Å². The van der Waals surface area contributed by atoms with Gasteiger partial charge in [0.05, 0.1) is 19.8 Å². The molecule has 4 rings (SSSR count). The number of carboxylic acid groups (broad SMARTS) is 1. The molecule has 4 aromatic rings. The van der Waals surface area contributed by atoms with Gasteiger partial charge in [0.1, 0.15) is 17.3 Å².